The van der Waals surface area contributed by atoms with Crippen LogP contribution in [0.1, 0.15) is 0 Å². The summed E-state index contributed by atoms with van der Waals surface area (Å²) in [5.41, 5.74) is 6.02. The van der Waals surface area contributed by atoms with Gasteiger partial charge in [0.2, 0.25) is 0 Å². The van der Waals surface area contributed by atoms with Crippen LogP contribution in [0, 0.1) is 0 Å². The number of fused-ring (bicyclic) bond motifs is 8. The lowest BCUT2D eigenvalue weighted by Crippen LogP contribution is -1.94. The lowest BCUT2D eigenvalue weighted by molar-refractivity contribution is 1.18. The van der Waals surface area contributed by atoms with Gasteiger partial charge < -0.3 is 4.57 Å². The molecule has 0 unspecified atom stereocenters. The van der Waals surface area contributed by atoms with E-state index in [1.807, 2.05) is 6.20 Å². The molecule has 0 saturated carbocycles. The van der Waals surface area contributed by atoms with Gasteiger partial charge >= 0.3 is 0 Å². The molecule has 0 atom stereocenters. The highest BCUT2D eigenvalue weighted by molar-refractivity contribution is 7.25. The molecule has 168 valence electrons. The van der Waals surface area contributed by atoms with Crippen molar-refractivity contribution in [2.45, 2.75) is 0 Å². The maximum Gasteiger partial charge on any atom is 0.125 e. The highest BCUT2D eigenvalue weighted by Gasteiger charge is 2.13. The molecule has 0 spiro atoms. The van der Waals surface area contributed by atoms with Crippen molar-refractivity contribution in [3.8, 4) is 16.8 Å². The summed E-state index contributed by atoms with van der Waals surface area (Å²) in [6.45, 7) is 0. The summed E-state index contributed by atoms with van der Waals surface area (Å²) in [6.07, 6.45) is 2.02. The monoisotopic (exact) mass is 476 g/mol. The quantitative estimate of drug-likeness (QED) is 0.243. The molecule has 0 aliphatic carbocycles. The molecule has 0 bridgehead atoms. The minimum absolute atomic E-state index is 1.10. The zero-order valence-electron chi connectivity index (χ0n) is 19.3. The average molecular weight is 477 g/mol. The van der Waals surface area contributed by atoms with Crippen molar-refractivity contribution < 1.29 is 0 Å². The molecule has 36 heavy (non-hydrogen) atoms. The summed E-state index contributed by atoms with van der Waals surface area (Å²) >= 11 is 1.77. The van der Waals surface area contributed by atoms with Crippen LogP contribution in [0.2, 0.25) is 0 Å². The minimum atomic E-state index is 1.10. The average Bonchev–Trinajstić information content (AvgIpc) is 3.49. The first-order chi connectivity index (χ1) is 17.8. The van der Waals surface area contributed by atoms with Crippen LogP contribution in [0.4, 0.5) is 0 Å². The first kappa shape index (κ1) is 19.8. The summed E-state index contributed by atoms with van der Waals surface area (Å²) in [5.74, 6) is 0. The van der Waals surface area contributed by atoms with Gasteiger partial charge in [-0.05, 0) is 52.9 Å². The largest absolute Gasteiger partial charge is 0.309 e. The van der Waals surface area contributed by atoms with Crippen molar-refractivity contribution in [3.63, 3.8) is 0 Å². The number of nitrogens with zero attached hydrogens (tertiary/aromatic N) is 2. The first-order valence-electron chi connectivity index (χ1n) is 12.1. The molecule has 5 aromatic carbocycles. The van der Waals surface area contributed by atoms with Crippen molar-refractivity contribution in [2.24, 2.45) is 0 Å². The molecule has 0 radical (unpaired) electrons. The van der Waals surface area contributed by atoms with Crippen LogP contribution in [0.15, 0.2) is 121 Å². The van der Waals surface area contributed by atoms with E-state index in [2.05, 4.69) is 120 Å². The Hall–Kier alpha value is -4.47. The summed E-state index contributed by atoms with van der Waals surface area (Å²) in [5, 5.41) is 7.55. The van der Waals surface area contributed by atoms with Gasteiger partial charge in [-0.15, -0.1) is 11.3 Å². The predicted molar refractivity (Wildman–Crippen MR) is 154 cm³/mol. The normalized spacial score (nSPS) is 11.9. The molecule has 2 nitrogen and oxygen atoms in total. The zero-order valence-corrected chi connectivity index (χ0v) is 20.2. The van der Waals surface area contributed by atoms with Crippen LogP contribution in [-0.4, -0.2) is 9.55 Å². The second-order valence-corrected chi connectivity index (χ2v) is 10.3. The van der Waals surface area contributed by atoms with Gasteiger partial charge in [0.15, 0.2) is 0 Å². The highest BCUT2D eigenvalue weighted by atomic mass is 32.1. The standard InChI is InChI=1S/C33H20N2S/c1-4-13-29-26(10-1)27-11-2-5-14-30(27)35(29)24-9-7-8-21(19-24)22-16-17-25-23(18-22)20-34-33-32(25)28-12-3-6-15-31(28)36-33/h1-20H. The summed E-state index contributed by atoms with van der Waals surface area (Å²) in [6, 6.07) is 41.6. The molecule has 8 aromatic rings. The van der Waals surface area contributed by atoms with E-state index in [9.17, 15) is 0 Å². The van der Waals surface area contributed by atoms with E-state index in [1.54, 1.807) is 11.3 Å². The first-order valence-corrected chi connectivity index (χ1v) is 13.0. The van der Waals surface area contributed by atoms with Gasteiger partial charge in [-0.2, -0.15) is 0 Å². The molecule has 3 heterocycles. The molecule has 0 N–H and O–H groups in total. The number of aromatic nitrogens is 2. The van der Waals surface area contributed by atoms with E-state index in [4.69, 9.17) is 4.98 Å². The van der Waals surface area contributed by atoms with Crippen molar-refractivity contribution in [1.29, 1.82) is 0 Å². The third kappa shape index (κ3) is 2.81. The Morgan fingerprint density at radius 3 is 2.06 bits per heavy atom. The minimum Gasteiger partial charge on any atom is -0.309 e. The van der Waals surface area contributed by atoms with Crippen LogP contribution < -0.4 is 0 Å². The molecule has 0 fully saturated rings. The molecule has 0 aliphatic heterocycles. The topological polar surface area (TPSA) is 17.8 Å². The molecule has 8 rings (SSSR count). The van der Waals surface area contributed by atoms with Gasteiger partial charge in [-0.1, -0.05) is 78.9 Å². The molecular weight excluding hydrogens is 456 g/mol. The van der Waals surface area contributed by atoms with Gasteiger partial charge in [-0.3, -0.25) is 0 Å². The zero-order chi connectivity index (χ0) is 23.6. The Morgan fingerprint density at radius 2 is 1.25 bits per heavy atom. The molecule has 0 aliphatic rings. The van der Waals surface area contributed by atoms with Crippen LogP contribution in [-0.2, 0) is 0 Å². The fraction of sp³-hybridized carbons (Fsp3) is 0. The van der Waals surface area contributed by atoms with E-state index in [-0.39, 0.29) is 0 Å². The van der Waals surface area contributed by atoms with E-state index in [0.29, 0.717) is 0 Å². The van der Waals surface area contributed by atoms with Crippen LogP contribution >= 0.6 is 11.3 Å². The molecule has 0 saturated heterocycles. The van der Waals surface area contributed by atoms with Gasteiger partial charge in [0.25, 0.3) is 0 Å². The van der Waals surface area contributed by atoms with E-state index in [0.717, 1.165) is 4.83 Å². The third-order valence-electron chi connectivity index (χ3n) is 7.24. The van der Waals surface area contributed by atoms with Crippen molar-refractivity contribution in [3.05, 3.63) is 121 Å². The fourth-order valence-corrected chi connectivity index (χ4v) is 6.68. The van der Waals surface area contributed by atoms with E-state index >= 15 is 0 Å². The SMILES string of the molecule is c1cc(-c2ccc3c(cnc4sc5ccccc5c43)c2)cc(-n2c3ccccc3c3ccccc32)c1. The molecule has 0 amide bonds. The van der Waals surface area contributed by atoms with Crippen molar-refractivity contribution >= 4 is 64.2 Å². The molecular formula is C33H20N2S. The summed E-state index contributed by atoms with van der Waals surface area (Å²) in [4.78, 5) is 5.92. The van der Waals surface area contributed by atoms with Crippen LogP contribution in [0.5, 0.6) is 0 Å². The number of benzene rings is 5. The summed E-state index contributed by atoms with van der Waals surface area (Å²) in [7, 11) is 0. The fourth-order valence-electron chi connectivity index (χ4n) is 5.61. The Labute approximate surface area is 211 Å². The lowest BCUT2D eigenvalue weighted by atomic mass is 10.00. The van der Waals surface area contributed by atoms with Crippen LogP contribution in [0.25, 0.3) is 69.7 Å². The third-order valence-corrected chi connectivity index (χ3v) is 8.32. The number of rotatable bonds is 2. The van der Waals surface area contributed by atoms with Gasteiger partial charge in [-0.25, -0.2) is 4.98 Å². The van der Waals surface area contributed by atoms with E-state index in [1.165, 1.54) is 64.9 Å². The lowest BCUT2D eigenvalue weighted by Gasteiger charge is -2.11. The maximum absolute atomic E-state index is 4.82. The number of para-hydroxylation sites is 2. The number of pyridine rings is 1. The Balaban J connectivity index is 1.32. The van der Waals surface area contributed by atoms with Crippen molar-refractivity contribution in [2.75, 3.05) is 0 Å². The van der Waals surface area contributed by atoms with E-state index < -0.39 is 0 Å². The molecule has 3 aromatic heterocycles. The van der Waals surface area contributed by atoms with Crippen molar-refractivity contribution in [1.82, 2.24) is 9.55 Å². The Bertz CT molecular complexity index is 2060. The van der Waals surface area contributed by atoms with Gasteiger partial charge in [0, 0.05) is 43.5 Å². The second kappa shape index (κ2) is 7.51. The predicted octanol–water partition coefficient (Wildman–Crippen LogP) is 9.37. The van der Waals surface area contributed by atoms with Gasteiger partial charge in [0.05, 0.1) is 11.0 Å². The smallest absolute Gasteiger partial charge is 0.125 e. The molecule has 3 heteroatoms. The highest BCUT2D eigenvalue weighted by Crippen LogP contribution is 2.38. The van der Waals surface area contributed by atoms with Gasteiger partial charge in [0.1, 0.15) is 4.83 Å². The number of thiophene rings is 1. The number of hydrogen-bond acceptors (Lipinski definition) is 2. The second-order valence-electron chi connectivity index (χ2n) is 9.26. The summed E-state index contributed by atoms with van der Waals surface area (Å²) < 4.78 is 3.66. The maximum atomic E-state index is 4.82. The number of hydrogen-bond donors (Lipinski definition) is 0. The van der Waals surface area contributed by atoms with Crippen LogP contribution in [0.3, 0.4) is 0 Å². The Morgan fingerprint density at radius 1 is 0.556 bits per heavy atom. The Kier molecular flexibility index (Phi) is 4.13.